The zero-order valence-corrected chi connectivity index (χ0v) is 12.3. The SMILES string of the molecule is Cc1nn(C)c(C)c1CCC(=O)N(C)Cc1ncn[nH]1. The monoisotopic (exact) mass is 276 g/mol. The Labute approximate surface area is 118 Å². The van der Waals surface area contributed by atoms with Gasteiger partial charge in [-0.1, -0.05) is 0 Å². The van der Waals surface area contributed by atoms with E-state index in [0.717, 1.165) is 17.0 Å². The van der Waals surface area contributed by atoms with Crippen LogP contribution in [0.5, 0.6) is 0 Å². The first-order chi connectivity index (χ1) is 9.49. The number of aromatic nitrogens is 5. The average molecular weight is 276 g/mol. The summed E-state index contributed by atoms with van der Waals surface area (Å²) in [6.07, 6.45) is 2.62. The van der Waals surface area contributed by atoms with Crippen molar-refractivity contribution in [2.45, 2.75) is 33.2 Å². The number of rotatable bonds is 5. The third-order valence-electron chi connectivity index (χ3n) is 3.53. The van der Waals surface area contributed by atoms with E-state index in [-0.39, 0.29) is 5.91 Å². The van der Waals surface area contributed by atoms with E-state index < -0.39 is 0 Å². The second-order valence-electron chi connectivity index (χ2n) is 4.95. The highest BCUT2D eigenvalue weighted by Gasteiger charge is 2.14. The van der Waals surface area contributed by atoms with Crippen LogP contribution < -0.4 is 0 Å². The maximum atomic E-state index is 12.1. The number of nitrogens with zero attached hydrogens (tertiary/aromatic N) is 5. The van der Waals surface area contributed by atoms with Gasteiger partial charge in [-0.25, -0.2) is 4.98 Å². The van der Waals surface area contributed by atoms with Crippen molar-refractivity contribution >= 4 is 5.91 Å². The Morgan fingerprint density at radius 2 is 2.20 bits per heavy atom. The highest BCUT2D eigenvalue weighted by molar-refractivity contribution is 5.76. The van der Waals surface area contributed by atoms with E-state index in [4.69, 9.17) is 0 Å². The number of hydrogen-bond acceptors (Lipinski definition) is 4. The second-order valence-corrected chi connectivity index (χ2v) is 4.95. The number of H-pyrrole nitrogens is 1. The molecule has 0 fully saturated rings. The maximum absolute atomic E-state index is 12.1. The van der Waals surface area contributed by atoms with Gasteiger partial charge in [0.15, 0.2) is 0 Å². The summed E-state index contributed by atoms with van der Waals surface area (Å²) in [4.78, 5) is 17.8. The Hall–Kier alpha value is -2.18. The van der Waals surface area contributed by atoms with Gasteiger partial charge in [-0.15, -0.1) is 0 Å². The van der Waals surface area contributed by atoms with Crippen molar-refractivity contribution < 1.29 is 4.79 Å². The van der Waals surface area contributed by atoms with Gasteiger partial charge in [-0.3, -0.25) is 14.6 Å². The molecule has 0 saturated carbocycles. The molecule has 108 valence electrons. The molecule has 0 aliphatic rings. The van der Waals surface area contributed by atoms with Crippen molar-refractivity contribution in [1.29, 1.82) is 0 Å². The molecule has 7 nitrogen and oxygen atoms in total. The molecular weight excluding hydrogens is 256 g/mol. The molecule has 2 aromatic rings. The lowest BCUT2D eigenvalue weighted by Crippen LogP contribution is -2.27. The summed E-state index contributed by atoms with van der Waals surface area (Å²) in [5, 5.41) is 10.9. The molecule has 0 aromatic carbocycles. The molecule has 0 aliphatic heterocycles. The third kappa shape index (κ3) is 3.04. The topological polar surface area (TPSA) is 79.7 Å². The Kier molecular flexibility index (Phi) is 4.16. The van der Waals surface area contributed by atoms with Crippen molar-refractivity contribution in [3.8, 4) is 0 Å². The molecule has 0 aliphatic carbocycles. The van der Waals surface area contributed by atoms with Crippen LogP contribution in [0.2, 0.25) is 0 Å². The smallest absolute Gasteiger partial charge is 0.223 e. The zero-order chi connectivity index (χ0) is 14.7. The van der Waals surface area contributed by atoms with Crippen LogP contribution in [-0.4, -0.2) is 42.8 Å². The van der Waals surface area contributed by atoms with Crippen LogP contribution in [-0.2, 0) is 24.8 Å². The van der Waals surface area contributed by atoms with Crippen LogP contribution in [0, 0.1) is 13.8 Å². The Bertz CT molecular complexity index is 586. The standard InChI is InChI=1S/C13H20N6O/c1-9-11(10(2)19(4)17-9)5-6-13(20)18(3)7-12-14-8-15-16-12/h8H,5-7H2,1-4H3,(H,14,15,16). The quantitative estimate of drug-likeness (QED) is 0.873. The van der Waals surface area contributed by atoms with Gasteiger partial charge in [0, 0.05) is 26.2 Å². The first-order valence-electron chi connectivity index (χ1n) is 6.56. The van der Waals surface area contributed by atoms with Crippen molar-refractivity contribution in [3.63, 3.8) is 0 Å². The molecule has 0 spiro atoms. The summed E-state index contributed by atoms with van der Waals surface area (Å²) >= 11 is 0. The molecule has 0 saturated heterocycles. The van der Waals surface area contributed by atoms with E-state index in [9.17, 15) is 4.79 Å². The summed E-state index contributed by atoms with van der Waals surface area (Å²) < 4.78 is 1.85. The Morgan fingerprint density at radius 1 is 1.45 bits per heavy atom. The van der Waals surface area contributed by atoms with Crippen molar-refractivity contribution in [3.05, 3.63) is 29.1 Å². The van der Waals surface area contributed by atoms with E-state index in [0.29, 0.717) is 25.2 Å². The molecule has 1 amide bonds. The molecule has 20 heavy (non-hydrogen) atoms. The fourth-order valence-electron chi connectivity index (χ4n) is 2.22. The number of nitrogens with one attached hydrogen (secondary N) is 1. The summed E-state index contributed by atoms with van der Waals surface area (Å²) in [5.74, 6) is 0.777. The largest absolute Gasteiger partial charge is 0.338 e. The average Bonchev–Trinajstić information content (AvgIpc) is 2.98. The van der Waals surface area contributed by atoms with Crippen LogP contribution in [0.25, 0.3) is 0 Å². The predicted octanol–water partition coefficient (Wildman–Crippen LogP) is 0.746. The van der Waals surface area contributed by atoms with Crippen molar-refractivity contribution in [1.82, 2.24) is 29.9 Å². The minimum atomic E-state index is 0.0871. The molecule has 2 rings (SSSR count). The summed E-state index contributed by atoms with van der Waals surface area (Å²) in [6, 6.07) is 0. The third-order valence-corrected chi connectivity index (χ3v) is 3.53. The van der Waals surface area contributed by atoms with Gasteiger partial charge in [0.05, 0.1) is 12.2 Å². The van der Waals surface area contributed by atoms with Crippen LogP contribution in [0.4, 0.5) is 0 Å². The molecule has 0 unspecified atom stereocenters. The minimum absolute atomic E-state index is 0.0871. The number of hydrogen-bond donors (Lipinski definition) is 1. The van der Waals surface area contributed by atoms with Crippen LogP contribution in [0.3, 0.4) is 0 Å². The van der Waals surface area contributed by atoms with E-state index in [2.05, 4.69) is 20.3 Å². The fraction of sp³-hybridized carbons (Fsp3) is 0.538. The number of aromatic amines is 1. The van der Waals surface area contributed by atoms with Crippen LogP contribution >= 0.6 is 0 Å². The van der Waals surface area contributed by atoms with Gasteiger partial charge in [0.1, 0.15) is 12.2 Å². The first kappa shape index (κ1) is 14.2. The lowest BCUT2D eigenvalue weighted by atomic mass is 10.1. The molecule has 7 heteroatoms. The highest BCUT2D eigenvalue weighted by atomic mass is 16.2. The van der Waals surface area contributed by atoms with Gasteiger partial charge in [-0.2, -0.15) is 10.2 Å². The molecule has 0 atom stereocenters. The number of amides is 1. The number of carbonyl (C=O) groups excluding carboxylic acids is 1. The lowest BCUT2D eigenvalue weighted by molar-refractivity contribution is -0.130. The predicted molar refractivity (Wildman–Crippen MR) is 73.9 cm³/mol. The van der Waals surface area contributed by atoms with Crippen molar-refractivity contribution in [2.24, 2.45) is 7.05 Å². The van der Waals surface area contributed by atoms with E-state index >= 15 is 0 Å². The van der Waals surface area contributed by atoms with Gasteiger partial charge in [0.2, 0.25) is 5.91 Å². The summed E-state index contributed by atoms with van der Waals surface area (Å²) in [5.41, 5.74) is 3.28. The molecule has 0 bridgehead atoms. The van der Waals surface area contributed by atoms with E-state index in [1.165, 1.54) is 6.33 Å². The van der Waals surface area contributed by atoms with Gasteiger partial charge in [-0.05, 0) is 25.8 Å². The second kappa shape index (κ2) is 5.85. The maximum Gasteiger partial charge on any atom is 0.223 e. The van der Waals surface area contributed by atoms with Gasteiger partial charge in [0.25, 0.3) is 0 Å². The molecular formula is C13H20N6O. The van der Waals surface area contributed by atoms with Crippen LogP contribution in [0.1, 0.15) is 29.2 Å². The van der Waals surface area contributed by atoms with Gasteiger partial charge < -0.3 is 4.90 Å². The summed E-state index contributed by atoms with van der Waals surface area (Å²) in [7, 11) is 3.69. The minimum Gasteiger partial charge on any atom is -0.338 e. The number of carbonyl (C=O) groups is 1. The number of aryl methyl sites for hydroxylation is 2. The highest BCUT2D eigenvalue weighted by Crippen LogP contribution is 2.14. The Morgan fingerprint density at radius 3 is 2.75 bits per heavy atom. The fourth-order valence-corrected chi connectivity index (χ4v) is 2.22. The van der Waals surface area contributed by atoms with Crippen LogP contribution in [0.15, 0.2) is 6.33 Å². The van der Waals surface area contributed by atoms with Crippen molar-refractivity contribution in [2.75, 3.05) is 7.05 Å². The first-order valence-corrected chi connectivity index (χ1v) is 6.56. The lowest BCUT2D eigenvalue weighted by Gasteiger charge is -2.15. The molecule has 1 N–H and O–H groups in total. The summed E-state index contributed by atoms with van der Waals surface area (Å²) in [6.45, 7) is 4.45. The molecule has 0 radical (unpaired) electrons. The normalized spacial score (nSPS) is 10.8. The van der Waals surface area contributed by atoms with E-state index in [1.54, 1.807) is 11.9 Å². The van der Waals surface area contributed by atoms with E-state index in [1.807, 2.05) is 25.6 Å². The van der Waals surface area contributed by atoms with Gasteiger partial charge >= 0.3 is 0 Å². The molecule has 2 heterocycles. The zero-order valence-electron chi connectivity index (χ0n) is 12.3. The molecule has 2 aromatic heterocycles. The Balaban J connectivity index is 1.91.